The fourth-order valence-corrected chi connectivity index (χ4v) is 0.952. The van der Waals surface area contributed by atoms with E-state index in [1.54, 1.807) is 13.0 Å². The second kappa shape index (κ2) is 11.4. The molecular weight excluding hydrogens is 250 g/mol. The molecule has 0 aliphatic rings. The Hall–Kier alpha value is 0.956. The maximum absolute atomic E-state index is 10.6. The Kier molecular flexibility index (Phi) is 14.0. The summed E-state index contributed by atoms with van der Waals surface area (Å²) in [6.07, 6.45) is 4.16. The molecule has 0 spiro atoms. The Morgan fingerprint density at radius 3 is 2.27 bits per heavy atom. The van der Waals surface area contributed by atoms with Gasteiger partial charge in [-0.25, -0.2) is 4.57 Å². The molecule has 0 amide bonds. The van der Waals surface area contributed by atoms with E-state index in [2.05, 4.69) is 0 Å². The monoisotopic (exact) mass is 264 g/mol. The van der Waals surface area contributed by atoms with E-state index in [4.69, 9.17) is 24.0 Å². The third kappa shape index (κ3) is 31.3. The van der Waals surface area contributed by atoms with E-state index in [1.165, 1.54) is 6.59 Å². The number of hydrogen-bond donors (Lipinski definition) is 3. The number of phosphoric acid groups is 1. The van der Waals surface area contributed by atoms with Crippen molar-refractivity contribution >= 4 is 62.7 Å². The number of ether oxygens (including phenoxy) is 1. The first-order valence-electron chi connectivity index (χ1n) is 4.39. The molecule has 3 N–H and O–H groups in total. The topological polar surface area (TPSA) is 104 Å². The van der Waals surface area contributed by atoms with E-state index in [0.717, 1.165) is 55.4 Å². The van der Waals surface area contributed by atoms with Gasteiger partial charge in [0.25, 0.3) is 0 Å². The van der Waals surface area contributed by atoms with Crippen LogP contribution in [0.3, 0.4) is 0 Å². The van der Waals surface area contributed by atoms with Crippen LogP contribution in [0, 0.1) is 0 Å². The fourth-order valence-electron chi connectivity index (χ4n) is 0.501. The minimum atomic E-state index is -4.64. The van der Waals surface area contributed by atoms with Crippen molar-refractivity contribution in [3.63, 3.8) is 0 Å². The third-order valence-electron chi connectivity index (χ3n) is 1.04. The molecule has 0 unspecified atom stereocenters. The molecule has 0 atom stereocenters. The van der Waals surface area contributed by atoms with Crippen molar-refractivity contribution in [2.45, 2.75) is 13.9 Å². The van der Waals surface area contributed by atoms with Crippen LogP contribution in [0.25, 0.3) is 0 Å². The predicted molar refractivity (Wildman–Crippen MR) is 55.2 cm³/mol. The van der Waals surface area contributed by atoms with Gasteiger partial charge in [0.2, 0.25) is 0 Å². The van der Waals surface area contributed by atoms with Crippen molar-refractivity contribution in [3.05, 3.63) is 12.2 Å². The molecule has 0 aromatic heterocycles. The zero-order valence-electron chi connectivity index (χ0n) is 8.79. The van der Waals surface area contributed by atoms with Crippen molar-refractivity contribution < 1.29 is 28.8 Å². The van der Waals surface area contributed by atoms with Gasteiger partial charge in [-0.2, -0.15) is 0 Å². The van der Waals surface area contributed by atoms with Gasteiger partial charge in [0.1, 0.15) is 0 Å². The van der Waals surface area contributed by atoms with Crippen molar-refractivity contribution in [3.8, 4) is 0 Å². The Morgan fingerprint density at radius 2 is 1.93 bits per heavy atom. The van der Waals surface area contributed by atoms with E-state index < -0.39 is 7.82 Å². The minimum Gasteiger partial charge on any atom is -0.303 e. The van der Waals surface area contributed by atoms with Gasteiger partial charge in [0, 0.05) is 0 Å². The van der Waals surface area contributed by atoms with Crippen LogP contribution >= 0.6 is 7.82 Å². The standard InChI is InChI=1S/C7H11O2.K.H3O4P/c1-3-5-7(8)9-6-4-2;;1-5(2,3)4/h3,5H,2,4,6H2,1H3;;(H3,1,2,3,4). The van der Waals surface area contributed by atoms with E-state index in [1.807, 2.05) is 0 Å². The number of hydrogen-bond acceptors (Lipinski definition) is 3. The van der Waals surface area contributed by atoms with E-state index in [9.17, 15) is 4.79 Å². The molecule has 0 aromatic carbocycles. The van der Waals surface area contributed by atoms with E-state index in [0.29, 0.717) is 6.61 Å². The van der Waals surface area contributed by atoms with Gasteiger partial charge < -0.3 is 14.7 Å². The van der Waals surface area contributed by atoms with Crippen LogP contribution in [0.15, 0.2) is 12.2 Å². The average Bonchev–Trinajstić information content (AvgIpc) is 2.02. The van der Waals surface area contributed by atoms with Crippen LogP contribution < -0.4 is 0 Å². The number of allylic oxidation sites excluding steroid dienone is 1. The molecule has 0 radical (unpaired) electrons. The molecule has 0 aliphatic carbocycles. The Balaban J connectivity index is 0. The number of carbonyl (C=O) groups excluding carboxylic acids is 1. The second-order valence-corrected chi connectivity index (χ2v) is 5.12. The quantitative estimate of drug-likeness (QED) is 0.219. The second-order valence-electron chi connectivity index (χ2n) is 2.53. The van der Waals surface area contributed by atoms with Crippen LogP contribution in [-0.2, 0) is 14.1 Å². The smallest absolute Gasteiger partial charge is 0.303 e. The summed E-state index contributed by atoms with van der Waals surface area (Å²) in [4.78, 5) is 32.2. The van der Waals surface area contributed by atoms with E-state index >= 15 is 0 Å². The molecule has 0 bridgehead atoms. The maximum atomic E-state index is 10.6. The SMILES string of the molecule is CC=CC(=O)OCC[CH2][K].O=P(O)(O)O. The van der Waals surface area contributed by atoms with Gasteiger partial charge in [0.15, 0.2) is 0 Å². The maximum Gasteiger partial charge on any atom is 0.466 e. The van der Waals surface area contributed by atoms with Gasteiger partial charge in [-0.3, -0.25) is 0 Å². The number of esters is 1. The molecule has 0 fully saturated rings. The number of rotatable bonds is 4. The average molecular weight is 264 g/mol. The summed E-state index contributed by atoms with van der Waals surface area (Å²) in [7, 11) is -4.64. The van der Waals surface area contributed by atoms with Crippen molar-refractivity contribution in [2.75, 3.05) is 6.61 Å². The summed E-state index contributed by atoms with van der Waals surface area (Å²) in [5.41, 5.74) is 0. The zero-order chi connectivity index (χ0) is 12.3. The third-order valence-corrected chi connectivity index (χ3v) is 2.15. The Labute approximate surface area is 123 Å². The Bertz CT molecular complexity index is 227. The summed E-state index contributed by atoms with van der Waals surface area (Å²) in [5, 5.41) is 0. The molecule has 84 valence electrons. The van der Waals surface area contributed by atoms with Crippen LogP contribution in [0.2, 0.25) is 0.515 Å². The summed E-state index contributed by atoms with van der Waals surface area (Å²) < 4.78 is 15.0. The summed E-state index contributed by atoms with van der Waals surface area (Å²) in [6, 6.07) is 0. The van der Waals surface area contributed by atoms with Crippen LogP contribution in [-0.4, -0.2) is 76.2 Å². The summed E-state index contributed by atoms with van der Waals surface area (Å²) in [5.74, 6) is -0.219. The van der Waals surface area contributed by atoms with Crippen molar-refractivity contribution in [1.29, 1.82) is 0 Å². The van der Waals surface area contributed by atoms with Crippen LogP contribution in [0.1, 0.15) is 13.3 Å². The van der Waals surface area contributed by atoms with Gasteiger partial charge in [-0.1, -0.05) is 0 Å². The van der Waals surface area contributed by atoms with Crippen molar-refractivity contribution in [1.82, 2.24) is 0 Å². The fraction of sp³-hybridized carbons (Fsp3) is 0.571. The van der Waals surface area contributed by atoms with Gasteiger partial charge in [0.05, 0.1) is 0 Å². The first kappa shape index (κ1) is 18.3. The molecule has 0 saturated heterocycles. The van der Waals surface area contributed by atoms with E-state index in [-0.39, 0.29) is 5.97 Å². The van der Waals surface area contributed by atoms with Gasteiger partial charge in [-0.05, 0) is 0 Å². The first-order valence-corrected chi connectivity index (χ1v) is 8.16. The molecule has 6 nitrogen and oxygen atoms in total. The summed E-state index contributed by atoms with van der Waals surface area (Å²) >= 11 is 0.889. The van der Waals surface area contributed by atoms with Gasteiger partial charge in [-0.15, -0.1) is 0 Å². The molecule has 0 aliphatic heterocycles. The minimum absolute atomic E-state index is 0.219. The first-order chi connectivity index (χ1) is 6.81. The number of carbonyl (C=O) groups is 1. The molecule has 0 rings (SSSR count). The predicted octanol–water partition coefficient (Wildman–Crippen LogP) is 0.154. The zero-order valence-corrected chi connectivity index (χ0v) is 12.8. The molecule has 15 heavy (non-hydrogen) atoms. The summed E-state index contributed by atoms with van der Waals surface area (Å²) in [6.45, 7) is 2.39. The van der Waals surface area contributed by atoms with Crippen molar-refractivity contribution in [2.24, 2.45) is 0 Å². The molecular formula is C7H14KO6P. The molecule has 0 heterocycles. The van der Waals surface area contributed by atoms with Crippen LogP contribution in [0.5, 0.6) is 0 Å². The molecule has 8 heteroatoms. The largest absolute Gasteiger partial charge is 0.466 e. The van der Waals surface area contributed by atoms with Crippen LogP contribution in [0.4, 0.5) is 0 Å². The molecule has 0 saturated carbocycles. The molecule has 0 aromatic rings. The normalized spacial score (nSPS) is 10.8. The Morgan fingerprint density at radius 1 is 1.47 bits per heavy atom. The van der Waals surface area contributed by atoms with Gasteiger partial charge >= 0.3 is 105 Å².